The fourth-order valence-electron chi connectivity index (χ4n) is 3.56. The van der Waals surface area contributed by atoms with E-state index in [9.17, 15) is 14.7 Å². The molecule has 1 aromatic carbocycles. The van der Waals surface area contributed by atoms with Crippen LogP contribution in [0.15, 0.2) is 30.3 Å². The lowest BCUT2D eigenvalue weighted by Gasteiger charge is -2.38. The zero-order chi connectivity index (χ0) is 17.0. The Morgan fingerprint density at radius 3 is 2.50 bits per heavy atom. The number of carbonyl (C=O) groups is 2. The number of aliphatic carboxylic acids is 1. The van der Waals surface area contributed by atoms with E-state index in [4.69, 9.17) is 4.74 Å². The van der Waals surface area contributed by atoms with Crippen LogP contribution in [-0.4, -0.2) is 41.1 Å². The van der Waals surface area contributed by atoms with Crippen LogP contribution in [0, 0.1) is 5.41 Å². The Kier molecular flexibility index (Phi) is 5.19. The maximum atomic E-state index is 12.9. The Bertz CT molecular complexity index is 576. The molecule has 1 N–H and O–H groups in total. The lowest BCUT2D eigenvalue weighted by molar-refractivity contribution is -0.160. The summed E-state index contributed by atoms with van der Waals surface area (Å²) < 4.78 is 5.68. The van der Waals surface area contributed by atoms with Gasteiger partial charge in [0, 0.05) is 26.1 Å². The summed E-state index contributed by atoms with van der Waals surface area (Å²) in [6.45, 7) is 1.80. The number of carbonyl (C=O) groups excluding carboxylic acids is 1. The summed E-state index contributed by atoms with van der Waals surface area (Å²) in [5.74, 6) is -0.907. The Morgan fingerprint density at radius 2 is 1.96 bits per heavy atom. The van der Waals surface area contributed by atoms with Gasteiger partial charge in [-0.15, -0.1) is 0 Å². The lowest BCUT2D eigenvalue weighted by atomic mass is 9.66. The second kappa shape index (κ2) is 7.34. The highest BCUT2D eigenvalue weighted by Crippen LogP contribution is 2.44. The average Bonchev–Trinajstić information content (AvgIpc) is 3.04. The maximum absolute atomic E-state index is 12.9. The third-order valence-electron chi connectivity index (χ3n) is 5.27. The predicted molar refractivity (Wildman–Crippen MR) is 89.4 cm³/mol. The molecule has 1 heterocycles. The number of amides is 1. The van der Waals surface area contributed by atoms with Crippen LogP contribution in [0.2, 0.25) is 0 Å². The Morgan fingerprint density at radius 1 is 1.21 bits per heavy atom. The van der Waals surface area contributed by atoms with Crippen LogP contribution in [0.5, 0.6) is 0 Å². The topological polar surface area (TPSA) is 66.8 Å². The first-order valence-corrected chi connectivity index (χ1v) is 8.76. The molecule has 1 aliphatic carbocycles. The summed E-state index contributed by atoms with van der Waals surface area (Å²) in [7, 11) is 0. The van der Waals surface area contributed by atoms with Crippen molar-refractivity contribution in [3.8, 4) is 0 Å². The van der Waals surface area contributed by atoms with E-state index in [-0.39, 0.29) is 18.4 Å². The molecule has 0 aromatic heterocycles. The minimum atomic E-state index is -0.845. The summed E-state index contributed by atoms with van der Waals surface area (Å²) >= 11 is 0. The molecule has 1 saturated carbocycles. The van der Waals surface area contributed by atoms with Gasteiger partial charge in [-0.05, 0) is 31.2 Å². The third kappa shape index (κ3) is 3.78. The van der Waals surface area contributed by atoms with Crippen LogP contribution in [0.3, 0.4) is 0 Å². The minimum Gasteiger partial charge on any atom is -0.481 e. The van der Waals surface area contributed by atoms with Crippen LogP contribution in [0.1, 0.15) is 44.1 Å². The molecule has 1 amide bonds. The van der Waals surface area contributed by atoms with Crippen LogP contribution in [-0.2, 0) is 20.9 Å². The van der Waals surface area contributed by atoms with E-state index in [1.807, 2.05) is 30.3 Å². The number of nitrogens with zero attached hydrogens (tertiary/aromatic N) is 1. The van der Waals surface area contributed by atoms with Gasteiger partial charge in [-0.25, -0.2) is 0 Å². The van der Waals surface area contributed by atoms with Crippen molar-refractivity contribution in [2.75, 3.05) is 13.2 Å². The first-order valence-electron chi connectivity index (χ1n) is 8.76. The molecule has 3 rings (SSSR count). The molecule has 130 valence electrons. The zero-order valence-electron chi connectivity index (χ0n) is 13.9. The normalized spacial score (nSPS) is 21.9. The van der Waals surface area contributed by atoms with Gasteiger partial charge in [0.15, 0.2) is 0 Å². The summed E-state index contributed by atoms with van der Waals surface area (Å²) in [5, 5.41) is 9.49. The average molecular weight is 331 g/mol. The molecule has 1 aliphatic heterocycles. The minimum absolute atomic E-state index is 0.0693. The van der Waals surface area contributed by atoms with Gasteiger partial charge in [-0.2, -0.15) is 0 Å². The van der Waals surface area contributed by atoms with E-state index < -0.39 is 11.4 Å². The molecule has 24 heavy (non-hydrogen) atoms. The molecule has 1 aromatic rings. The van der Waals surface area contributed by atoms with Crippen molar-refractivity contribution in [3.05, 3.63) is 35.9 Å². The molecule has 2 aliphatic rings. The van der Waals surface area contributed by atoms with Gasteiger partial charge in [0.05, 0.1) is 11.5 Å². The van der Waals surface area contributed by atoms with Crippen LogP contribution >= 0.6 is 0 Å². The SMILES string of the molecule is O=C(CC1(C(=O)O)CCC1)N(Cc1ccccc1)CC1CCCO1. The van der Waals surface area contributed by atoms with Gasteiger partial charge in [-0.1, -0.05) is 36.8 Å². The predicted octanol–water partition coefficient (Wildman–Crippen LogP) is 2.84. The lowest BCUT2D eigenvalue weighted by Crippen LogP contribution is -2.45. The number of rotatable bonds is 7. The van der Waals surface area contributed by atoms with Crippen molar-refractivity contribution < 1.29 is 19.4 Å². The van der Waals surface area contributed by atoms with Crippen molar-refractivity contribution in [2.45, 2.75) is 51.2 Å². The first kappa shape index (κ1) is 17.0. The Hall–Kier alpha value is -1.88. The number of ether oxygens (including phenoxy) is 1. The smallest absolute Gasteiger partial charge is 0.310 e. The van der Waals surface area contributed by atoms with Crippen molar-refractivity contribution in [2.24, 2.45) is 5.41 Å². The second-order valence-electron chi connectivity index (χ2n) is 7.01. The summed E-state index contributed by atoms with van der Waals surface area (Å²) in [4.78, 5) is 26.2. The molecule has 0 spiro atoms. The number of carboxylic acid groups (broad SMARTS) is 1. The van der Waals surface area contributed by atoms with Gasteiger partial charge in [0.2, 0.25) is 5.91 Å². The van der Waals surface area contributed by atoms with E-state index in [0.717, 1.165) is 31.4 Å². The molecular weight excluding hydrogens is 306 g/mol. The number of benzene rings is 1. The largest absolute Gasteiger partial charge is 0.481 e. The van der Waals surface area contributed by atoms with E-state index in [0.29, 0.717) is 25.9 Å². The third-order valence-corrected chi connectivity index (χ3v) is 5.27. The molecule has 0 radical (unpaired) electrons. The summed E-state index contributed by atoms with van der Waals surface area (Å²) in [6, 6.07) is 9.84. The molecular formula is C19H25NO4. The second-order valence-corrected chi connectivity index (χ2v) is 7.01. The Labute approximate surface area is 142 Å². The highest BCUT2D eigenvalue weighted by molar-refractivity contribution is 5.85. The standard InChI is InChI=1S/C19H25NO4/c21-17(12-19(18(22)23)9-5-10-19)20(14-16-8-4-11-24-16)13-15-6-2-1-3-7-15/h1-3,6-7,16H,4-5,8-14H2,(H,22,23). The molecule has 1 saturated heterocycles. The molecule has 1 unspecified atom stereocenters. The zero-order valence-corrected chi connectivity index (χ0v) is 13.9. The quantitative estimate of drug-likeness (QED) is 0.834. The van der Waals surface area contributed by atoms with Gasteiger partial charge in [0.1, 0.15) is 0 Å². The van der Waals surface area contributed by atoms with E-state index in [1.54, 1.807) is 4.90 Å². The van der Waals surface area contributed by atoms with Crippen molar-refractivity contribution in [1.82, 2.24) is 4.90 Å². The van der Waals surface area contributed by atoms with Gasteiger partial charge >= 0.3 is 5.97 Å². The van der Waals surface area contributed by atoms with E-state index in [1.165, 1.54) is 0 Å². The first-order chi connectivity index (χ1) is 11.6. The molecule has 5 nitrogen and oxygen atoms in total. The number of hydrogen-bond donors (Lipinski definition) is 1. The van der Waals surface area contributed by atoms with Gasteiger partial charge in [-0.3, -0.25) is 9.59 Å². The number of carboxylic acids is 1. The Balaban J connectivity index is 1.70. The highest BCUT2D eigenvalue weighted by Gasteiger charge is 2.46. The van der Waals surface area contributed by atoms with E-state index in [2.05, 4.69) is 0 Å². The van der Waals surface area contributed by atoms with Crippen LogP contribution < -0.4 is 0 Å². The fourth-order valence-corrected chi connectivity index (χ4v) is 3.56. The summed E-state index contributed by atoms with van der Waals surface area (Å²) in [6.07, 6.45) is 4.26. The monoisotopic (exact) mass is 331 g/mol. The van der Waals surface area contributed by atoms with Crippen molar-refractivity contribution >= 4 is 11.9 Å². The van der Waals surface area contributed by atoms with Crippen molar-refractivity contribution in [3.63, 3.8) is 0 Å². The van der Waals surface area contributed by atoms with E-state index >= 15 is 0 Å². The number of hydrogen-bond acceptors (Lipinski definition) is 3. The highest BCUT2D eigenvalue weighted by atomic mass is 16.5. The van der Waals surface area contributed by atoms with Gasteiger partial charge in [0.25, 0.3) is 0 Å². The van der Waals surface area contributed by atoms with Crippen molar-refractivity contribution in [1.29, 1.82) is 0 Å². The van der Waals surface area contributed by atoms with Crippen LogP contribution in [0.4, 0.5) is 0 Å². The maximum Gasteiger partial charge on any atom is 0.310 e. The molecule has 2 fully saturated rings. The van der Waals surface area contributed by atoms with Crippen LogP contribution in [0.25, 0.3) is 0 Å². The molecule has 1 atom stereocenters. The molecule has 0 bridgehead atoms. The van der Waals surface area contributed by atoms with Gasteiger partial charge < -0.3 is 14.7 Å². The summed E-state index contributed by atoms with van der Waals surface area (Å²) in [5.41, 5.74) is 0.213. The fraction of sp³-hybridized carbons (Fsp3) is 0.579. The molecule has 5 heteroatoms.